The Morgan fingerprint density at radius 3 is 2.42 bits per heavy atom. The van der Waals surface area contributed by atoms with Crippen molar-refractivity contribution >= 4 is 16.8 Å². The van der Waals surface area contributed by atoms with Crippen LogP contribution in [0.2, 0.25) is 0 Å². The number of nitrogens with zero attached hydrogens (tertiary/aromatic N) is 3. The minimum atomic E-state index is -0.130. The molecule has 0 bridgehead atoms. The third-order valence-electron chi connectivity index (χ3n) is 6.05. The number of hydrogen-bond donors (Lipinski definition) is 0. The van der Waals surface area contributed by atoms with E-state index in [9.17, 15) is 9.59 Å². The summed E-state index contributed by atoms with van der Waals surface area (Å²) < 4.78 is 1.47. The molecule has 1 aromatic carbocycles. The molecule has 4 rings (SSSR count). The van der Waals surface area contributed by atoms with Gasteiger partial charge in [-0.05, 0) is 56.6 Å². The van der Waals surface area contributed by atoms with Gasteiger partial charge < -0.3 is 4.90 Å². The molecule has 2 aliphatic rings. The second-order valence-electron chi connectivity index (χ2n) is 7.81. The third-order valence-corrected chi connectivity index (χ3v) is 6.05. The molecule has 0 spiro atoms. The SMILES string of the molecule is CCC1CCC(N(C(=O)Cn2cnc3ccccc3c2=O)C2CC2)CC1. The molecule has 26 heavy (non-hydrogen) atoms. The van der Waals surface area contributed by atoms with E-state index in [2.05, 4.69) is 16.8 Å². The normalized spacial score (nSPS) is 23.1. The zero-order valence-electron chi connectivity index (χ0n) is 15.4. The number of hydrogen-bond acceptors (Lipinski definition) is 3. The fourth-order valence-corrected chi connectivity index (χ4v) is 4.34. The first-order chi connectivity index (χ1) is 12.7. The van der Waals surface area contributed by atoms with Crippen molar-refractivity contribution in [1.82, 2.24) is 14.5 Å². The summed E-state index contributed by atoms with van der Waals surface area (Å²) in [4.78, 5) is 32.2. The summed E-state index contributed by atoms with van der Waals surface area (Å²) in [5, 5.41) is 0.573. The van der Waals surface area contributed by atoms with Crippen LogP contribution in [0.4, 0.5) is 0 Å². The molecule has 2 aromatic rings. The van der Waals surface area contributed by atoms with E-state index >= 15 is 0 Å². The Balaban J connectivity index is 1.52. The van der Waals surface area contributed by atoms with Gasteiger partial charge in [-0.3, -0.25) is 14.2 Å². The average molecular weight is 353 g/mol. The Kier molecular flexibility index (Phi) is 4.79. The maximum Gasteiger partial charge on any atom is 0.261 e. The van der Waals surface area contributed by atoms with E-state index < -0.39 is 0 Å². The molecule has 0 N–H and O–H groups in total. The first kappa shape index (κ1) is 17.3. The highest BCUT2D eigenvalue weighted by Gasteiger charge is 2.38. The summed E-state index contributed by atoms with van der Waals surface area (Å²) >= 11 is 0. The average Bonchev–Trinajstić information content (AvgIpc) is 3.50. The molecule has 138 valence electrons. The predicted octanol–water partition coefficient (Wildman–Crippen LogP) is 3.36. The van der Waals surface area contributed by atoms with Crippen LogP contribution in [0.3, 0.4) is 0 Å². The number of benzene rings is 1. The Morgan fingerprint density at radius 1 is 1.12 bits per heavy atom. The van der Waals surface area contributed by atoms with Crippen molar-refractivity contribution in [1.29, 1.82) is 0 Å². The van der Waals surface area contributed by atoms with Crippen LogP contribution < -0.4 is 5.56 Å². The van der Waals surface area contributed by atoms with Gasteiger partial charge >= 0.3 is 0 Å². The highest BCUT2D eigenvalue weighted by Crippen LogP contribution is 2.36. The molecule has 0 radical (unpaired) electrons. The summed E-state index contributed by atoms with van der Waals surface area (Å²) in [5.74, 6) is 0.890. The first-order valence-electron chi connectivity index (χ1n) is 9.92. The van der Waals surface area contributed by atoms with E-state index in [1.165, 1.54) is 30.2 Å². The molecule has 5 heteroatoms. The zero-order chi connectivity index (χ0) is 18.1. The maximum absolute atomic E-state index is 13.1. The van der Waals surface area contributed by atoms with Gasteiger partial charge in [0, 0.05) is 12.1 Å². The van der Waals surface area contributed by atoms with Crippen molar-refractivity contribution < 1.29 is 4.79 Å². The Bertz CT molecular complexity index is 848. The summed E-state index contributed by atoms with van der Waals surface area (Å²) in [6.07, 6.45) is 9.60. The largest absolute Gasteiger partial charge is 0.335 e. The van der Waals surface area contributed by atoms with E-state index in [0.717, 1.165) is 31.6 Å². The van der Waals surface area contributed by atoms with E-state index in [0.29, 0.717) is 23.0 Å². The van der Waals surface area contributed by atoms with Crippen LogP contribution in [-0.4, -0.2) is 32.4 Å². The van der Waals surface area contributed by atoms with Gasteiger partial charge in [0.2, 0.25) is 5.91 Å². The summed E-state index contributed by atoms with van der Waals surface area (Å²) in [6.45, 7) is 2.36. The fraction of sp³-hybridized carbons (Fsp3) is 0.571. The molecule has 0 saturated heterocycles. The van der Waals surface area contributed by atoms with Gasteiger partial charge in [-0.25, -0.2) is 4.98 Å². The highest BCUT2D eigenvalue weighted by atomic mass is 16.2. The van der Waals surface area contributed by atoms with Crippen molar-refractivity contribution in [2.45, 2.75) is 70.5 Å². The van der Waals surface area contributed by atoms with Crippen LogP contribution in [0.25, 0.3) is 10.9 Å². The van der Waals surface area contributed by atoms with E-state index in [1.807, 2.05) is 18.2 Å². The van der Waals surface area contributed by atoms with Gasteiger partial charge in [0.1, 0.15) is 6.54 Å². The van der Waals surface area contributed by atoms with Gasteiger partial charge in [-0.2, -0.15) is 0 Å². The Morgan fingerprint density at radius 2 is 1.77 bits per heavy atom. The molecule has 1 aromatic heterocycles. The van der Waals surface area contributed by atoms with Crippen LogP contribution in [0.15, 0.2) is 35.4 Å². The van der Waals surface area contributed by atoms with Gasteiger partial charge in [-0.15, -0.1) is 0 Å². The van der Waals surface area contributed by atoms with E-state index in [1.54, 1.807) is 6.07 Å². The lowest BCUT2D eigenvalue weighted by Crippen LogP contribution is -2.46. The quantitative estimate of drug-likeness (QED) is 0.828. The lowest BCUT2D eigenvalue weighted by molar-refractivity contribution is -0.135. The number of amides is 1. The second kappa shape index (κ2) is 7.22. The number of para-hydroxylation sites is 1. The molecule has 2 saturated carbocycles. The van der Waals surface area contributed by atoms with Crippen LogP contribution >= 0.6 is 0 Å². The number of aromatic nitrogens is 2. The molecule has 1 amide bonds. The second-order valence-corrected chi connectivity index (χ2v) is 7.81. The van der Waals surface area contributed by atoms with Gasteiger partial charge in [0.15, 0.2) is 0 Å². The molecule has 2 fully saturated rings. The maximum atomic E-state index is 13.1. The van der Waals surface area contributed by atoms with Crippen molar-refractivity contribution in [3.8, 4) is 0 Å². The molecular weight excluding hydrogens is 326 g/mol. The molecule has 0 aliphatic heterocycles. The molecule has 0 unspecified atom stereocenters. The van der Waals surface area contributed by atoms with Gasteiger partial charge in [0.25, 0.3) is 5.56 Å². The van der Waals surface area contributed by atoms with E-state index in [4.69, 9.17) is 0 Å². The number of carbonyl (C=O) groups excluding carboxylic acids is 1. The molecular formula is C21H27N3O2. The lowest BCUT2D eigenvalue weighted by Gasteiger charge is -2.37. The van der Waals surface area contributed by atoms with Crippen LogP contribution in [0.5, 0.6) is 0 Å². The highest BCUT2D eigenvalue weighted by molar-refractivity contribution is 5.79. The van der Waals surface area contributed by atoms with Crippen LogP contribution in [0, 0.1) is 5.92 Å². The van der Waals surface area contributed by atoms with Crippen molar-refractivity contribution in [3.63, 3.8) is 0 Å². The summed E-state index contributed by atoms with van der Waals surface area (Å²) in [6, 6.07) is 8.03. The van der Waals surface area contributed by atoms with Crippen LogP contribution in [0.1, 0.15) is 51.9 Å². The van der Waals surface area contributed by atoms with Crippen molar-refractivity contribution in [3.05, 3.63) is 40.9 Å². The number of fused-ring (bicyclic) bond motifs is 1. The third kappa shape index (κ3) is 3.39. The van der Waals surface area contributed by atoms with E-state index in [-0.39, 0.29) is 18.0 Å². The Hall–Kier alpha value is -2.17. The summed E-state index contributed by atoms with van der Waals surface area (Å²) in [5.41, 5.74) is 0.549. The number of carbonyl (C=O) groups is 1. The lowest BCUT2D eigenvalue weighted by atomic mass is 9.84. The number of rotatable bonds is 5. The molecule has 2 aliphatic carbocycles. The fourth-order valence-electron chi connectivity index (χ4n) is 4.34. The first-order valence-corrected chi connectivity index (χ1v) is 9.92. The zero-order valence-corrected chi connectivity index (χ0v) is 15.4. The summed E-state index contributed by atoms with van der Waals surface area (Å²) in [7, 11) is 0. The topological polar surface area (TPSA) is 55.2 Å². The standard InChI is InChI=1S/C21H27N3O2/c1-2-15-7-9-16(10-8-15)24(17-11-12-17)20(25)13-23-14-22-19-6-4-3-5-18(19)21(23)26/h3-6,14-17H,2,7-13H2,1H3. The minimum absolute atomic E-state index is 0.0756. The molecule has 5 nitrogen and oxygen atoms in total. The Labute approximate surface area is 154 Å². The van der Waals surface area contributed by atoms with Crippen LogP contribution in [-0.2, 0) is 11.3 Å². The molecule has 0 atom stereocenters. The smallest absolute Gasteiger partial charge is 0.261 e. The van der Waals surface area contributed by atoms with Crippen molar-refractivity contribution in [2.24, 2.45) is 5.92 Å². The van der Waals surface area contributed by atoms with Gasteiger partial charge in [-0.1, -0.05) is 25.5 Å². The minimum Gasteiger partial charge on any atom is -0.335 e. The molecule has 1 heterocycles. The monoisotopic (exact) mass is 353 g/mol. The van der Waals surface area contributed by atoms with Crippen molar-refractivity contribution in [2.75, 3.05) is 0 Å². The predicted molar refractivity (Wildman–Crippen MR) is 102 cm³/mol. The van der Waals surface area contributed by atoms with Gasteiger partial charge in [0.05, 0.1) is 17.2 Å².